The summed E-state index contributed by atoms with van der Waals surface area (Å²) in [4.78, 5) is 18.9. The number of ether oxygens (including phenoxy) is 2. The van der Waals surface area contributed by atoms with Crippen molar-refractivity contribution >= 4 is 29.5 Å². The van der Waals surface area contributed by atoms with Crippen molar-refractivity contribution in [1.29, 1.82) is 0 Å². The molecule has 2 aromatic carbocycles. The first kappa shape index (κ1) is 19.5. The molecule has 4 rings (SSSR count). The molecule has 0 aromatic heterocycles. The van der Waals surface area contributed by atoms with Crippen molar-refractivity contribution in [2.24, 2.45) is 4.99 Å². The van der Waals surface area contributed by atoms with Crippen LogP contribution in [-0.4, -0.2) is 50.1 Å². The molecule has 0 saturated carbocycles. The fourth-order valence-electron chi connectivity index (χ4n) is 3.61. The Kier molecular flexibility index (Phi) is 5.86. The zero-order valence-electron chi connectivity index (χ0n) is 16.4. The summed E-state index contributed by atoms with van der Waals surface area (Å²) in [5.41, 5.74) is 3.95. The number of methoxy groups -OCH3 is 1. The smallest absolute Gasteiger partial charge is 0.253 e. The molecule has 2 aliphatic rings. The van der Waals surface area contributed by atoms with Gasteiger partial charge in [-0.1, -0.05) is 29.3 Å². The number of hydrogen-bond acceptors (Lipinski definition) is 4. The minimum atomic E-state index is 0.0555. The van der Waals surface area contributed by atoms with Crippen LogP contribution in [0.5, 0.6) is 5.75 Å². The Balaban J connectivity index is 1.44. The zero-order valence-corrected chi connectivity index (χ0v) is 17.1. The first-order chi connectivity index (χ1) is 14.1. The van der Waals surface area contributed by atoms with Gasteiger partial charge >= 0.3 is 0 Å². The summed E-state index contributed by atoms with van der Waals surface area (Å²) in [5, 5.41) is 0.636. The quantitative estimate of drug-likeness (QED) is 0.748. The number of halogens is 1. The molecule has 2 aliphatic heterocycles. The van der Waals surface area contributed by atoms with Crippen LogP contribution >= 0.6 is 11.6 Å². The third kappa shape index (κ3) is 4.46. The SMILES string of the molecule is COc1cc(C2=NCCO2)ccc1C=C1CCN(C(=O)c2ccc(Cl)cc2)CC1. The number of aliphatic imine (C=N–C) groups is 1. The van der Waals surface area contributed by atoms with Gasteiger partial charge in [0, 0.05) is 34.8 Å². The first-order valence-electron chi connectivity index (χ1n) is 9.74. The van der Waals surface area contributed by atoms with E-state index < -0.39 is 0 Å². The van der Waals surface area contributed by atoms with E-state index in [-0.39, 0.29) is 5.91 Å². The lowest BCUT2D eigenvalue weighted by Crippen LogP contribution is -2.36. The number of carbonyl (C=O) groups is 1. The van der Waals surface area contributed by atoms with Gasteiger partial charge in [0.05, 0.1) is 13.7 Å². The Labute approximate surface area is 175 Å². The van der Waals surface area contributed by atoms with E-state index >= 15 is 0 Å². The van der Waals surface area contributed by atoms with E-state index in [0.717, 1.165) is 29.7 Å². The van der Waals surface area contributed by atoms with Crippen molar-refractivity contribution in [3.05, 3.63) is 69.8 Å². The third-order valence-corrected chi connectivity index (χ3v) is 5.46. The van der Waals surface area contributed by atoms with Gasteiger partial charge in [-0.05, 0) is 49.2 Å². The number of piperidine rings is 1. The molecule has 0 radical (unpaired) electrons. The second-order valence-corrected chi connectivity index (χ2v) is 7.53. The summed E-state index contributed by atoms with van der Waals surface area (Å²) in [6, 6.07) is 13.1. The highest BCUT2D eigenvalue weighted by molar-refractivity contribution is 6.30. The Morgan fingerprint density at radius 1 is 1.17 bits per heavy atom. The molecule has 2 heterocycles. The van der Waals surface area contributed by atoms with Crippen LogP contribution in [-0.2, 0) is 4.74 Å². The second-order valence-electron chi connectivity index (χ2n) is 7.09. The molecule has 0 aliphatic carbocycles. The molecule has 0 bridgehead atoms. The van der Waals surface area contributed by atoms with E-state index in [1.165, 1.54) is 5.57 Å². The molecule has 1 fully saturated rings. The maximum Gasteiger partial charge on any atom is 0.253 e. The van der Waals surface area contributed by atoms with Crippen molar-refractivity contribution in [2.45, 2.75) is 12.8 Å². The van der Waals surface area contributed by atoms with E-state index in [0.29, 0.717) is 42.7 Å². The van der Waals surface area contributed by atoms with Gasteiger partial charge in [-0.25, -0.2) is 4.99 Å². The van der Waals surface area contributed by atoms with Gasteiger partial charge in [-0.3, -0.25) is 4.79 Å². The third-order valence-electron chi connectivity index (χ3n) is 5.21. The van der Waals surface area contributed by atoms with Crippen LogP contribution in [0.25, 0.3) is 6.08 Å². The van der Waals surface area contributed by atoms with Crippen LogP contribution in [0.15, 0.2) is 53.0 Å². The molecule has 5 nitrogen and oxygen atoms in total. The number of benzene rings is 2. The van der Waals surface area contributed by atoms with E-state index in [1.54, 1.807) is 31.4 Å². The molecule has 150 valence electrons. The largest absolute Gasteiger partial charge is 0.496 e. The van der Waals surface area contributed by atoms with Crippen LogP contribution in [0.4, 0.5) is 0 Å². The molecular weight excluding hydrogens is 388 g/mol. The van der Waals surface area contributed by atoms with Crippen LogP contribution < -0.4 is 4.74 Å². The molecule has 0 unspecified atom stereocenters. The molecule has 29 heavy (non-hydrogen) atoms. The van der Waals surface area contributed by atoms with Gasteiger partial charge in [-0.15, -0.1) is 0 Å². The molecule has 6 heteroatoms. The van der Waals surface area contributed by atoms with E-state index in [4.69, 9.17) is 21.1 Å². The monoisotopic (exact) mass is 410 g/mol. The summed E-state index contributed by atoms with van der Waals surface area (Å²) in [5.74, 6) is 1.53. The molecule has 2 aromatic rings. The fourth-order valence-corrected chi connectivity index (χ4v) is 3.74. The summed E-state index contributed by atoms with van der Waals surface area (Å²) >= 11 is 5.91. The number of carbonyl (C=O) groups excluding carboxylic acids is 1. The Morgan fingerprint density at radius 3 is 2.59 bits per heavy atom. The average molecular weight is 411 g/mol. The van der Waals surface area contributed by atoms with E-state index in [1.807, 2.05) is 23.1 Å². The van der Waals surface area contributed by atoms with Crippen LogP contribution in [0.2, 0.25) is 5.02 Å². The van der Waals surface area contributed by atoms with E-state index in [9.17, 15) is 4.79 Å². The minimum absolute atomic E-state index is 0.0555. The predicted molar refractivity (Wildman–Crippen MR) is 115 cm³/mol. The normalized spacial score (nSPS) is 16.3. The summed E-state index contributed by atoms with van der Waals surface area (Å²) in [7, 11) is 1.67. The lowest BCUT2D eigenvalue weighted by Gasteiger charge is -2.28. The van der Waals surface area contributed by atoms with Crippen LogP contribution in [0.1, 0.15) is 34.3 Å². The van der Waals surface area contributed by atoms with Crippen molar-refractivity contribution in [3.63, 3.8) is 0 Å². The van der Waals surface area contributed by atoms with Gasteiger partial charge in [0.1, 0.15) is 12.4 Å². The molecule has 0 spiro atoms. The van der Waals surface area contributed by atoms with Crippen molar-refractivity contribution in [1.82, 2.24) is 4.90 Å². The fraction of sp³-hybridized carbons (Fsp3) is 0.304. The number of rotatable bonds is 4. The zero-order chi connectivity index (χ0) is 20.2. The highest BCUT2D eigenvalue weighted by atomic mass is 35.5. The minimum Gasteiger partial charge on any atom is -0.496 e. The summed E-state index contributed by atoms with van der Waals surface area (Å²) < 4.78 is 11.1. The average Bonchev–Trinajstić information content (AvgIpc) is 3.29. The van der Waals surface area contributed by atoms with Gasteiger partial charge in [0.25, 0.3) is 5.91 Å². The topological polar surface area (TPSA) is 51.1 Å². The maximum absolute atomic E-state index is 12.7. The number of likely N-dealkylation sites (tertiary alicyclic amines) is 1. The molecule has 1 amide bonds. The van der Waals surface area contributed by atoms with Crippen molar-refractivity contribution in [3.8, 4) is 5.75 Å². The van der Waals surface area contributed by atoms with Crippen molar-refractivity contribution in [2.75, 3.05) is 33.4 Å². The lowest BCUT2D eigenvalue weighted by molar-refractivity contribution is 0.0744. The van der Waals surface area contributed by atoms with Crippen LogP contribution in [0, 0.1) is 0 Å². The van der Waals surface area contributed by atoms with Crippen LogP contribution in [0.3, 0.4) is 0 Å². The standard InChI is InChI=1S/C23H23ClN2O3/c1-28-21-15-19(22-25-10-13-29-22)3-2-18(21)14-16-8-11-26(12-9-16)23(27)17-4-6-20(24)7-5-17/h2-7,14-15H,8-13H2,1H3. The first-order valence-corrected chi connectivity index (χ1v) is 10.1. The van der Waals surface area contributed by atoms with Gasteiger partial charge in [-0.2, -0.15) is 0 Å². The lowest BCUT2D eigenvalue weighted by atomic mass is 9.99. The van der Waals surface area contributed by atoms with Gasteiger partial charge < -0.3 is 14.4 Å². The number of hydrogen-bond donors (Lipinski definition) is 0. The number of nitrogens with zero attached hydrogens (tertiary/aromatic N) is 2. The summed E-state index contributed by atoms with van der Waals surface area (Å²) in [6.45, 7) is 2.75. The van der Waals surface area contributed by atoms with E-state index in [2.05, 4.69) is 11.1 Å². The molecule has 0 N–H and O–H groups in total. The Bertz CT molecular complexity index is 957. The molecular formula is C23H23ClN2O3. The van der Waals surface area contributed by atoms with Crippen molar-refractivity contribution < 1.29 is 14.3 Å². The molecule has 1 saturated heterocycles. The van der Waals surface area contributed by atoms with Gasteiger partial charge in [0.15, 0.2) is 0 Å². The predicted octanol–water partition coefficient (Wildman–Crippen LogP) is 4.45. The molecule has 0 atom stereocenters. The number of amides is 1. The highest BCUT2D eigenvalue weighted by Crippen LogP contribution is 2.27. The second kappa shape index (κ2) is 8.70. The summed E-state index contributed by atoms with van der Waals surface area (Å²) in [6.07, 6.45) is 3.87. The maximum atomic E-state index is 12.7. The van der Waals surface area contributed by atoms with Gasteiger partial charge in [0.2, 0.25) is 5.90 Å². The Morgan fingerprint density at radius 2 is 1.93 bits per heavy atom. The Hall–Kier alpha value is -2.79. The highest BCUT2D eigenvalue weighted by Gasteiger charge is 2.21.